The largest absolute Gasteiger partial charge is 0.492 e. The molecule has 1 rings (SSSR count). The maximum absolute atomic E-state index is 12.7. The number of sulfonamides is 1. The van der Waals surface area contributed by atoms with E-state index in [-0.39, 0.29) is 18.2 Å². The lowest BCUT2D eigenvalue weighted by Gasteiger charge is -2.08. The molecule has 0 aliphatic rings. The molecule has 0 spiro atoms. The summed E-state index contributed by atoms with van der Waals surface area (Å²) in [5, 5.41) is 0. The summed E-state index contributed by atoms with van der Waals surface area (Å²) >= 11 is 0. The lowest BCUT2D eigenvalue weighted by atomic mass is 10.3. The minimum absolute atomic E-state index is 0.0268. The number of ether oxygens (including phenoxy) is 2. The zero-order chi connectivity index (χ0) is 14.8. The average Bonchev–Trinajstić information content (AvgIpc) is 2.40. The van der Waals surface area contributed by atoms with Crippen molar-refractivity contribution in [3.05, 3.63) is 30.1 Å². The first-order valence-corrected chi connectivity index (χ1v) is 8.03. The van der Waals surface area contributed by atoms with Crippen LogP contribution in [0.1, 0.15) is 12.8 Å². The van der Waals surface area contributed by atoms with Crippen LogP contribution in [0.5, 0.6) is 5.75 Å². The summed E-state index contributed by atoms with van der Waals surface area (Å²) in [7, 11) is -1.73. The summed E-state index contributed by atoms with van der Waals surface area (Å²) in [6, 6.07) is 5.44. The Morgan fingerprint density at radius 3 is 2.50 bits per heavy atom. The number of rotatable bonds is 10. The van der Waals surface area contributed by atoms with Crippen molar-refractivity contribution in [2.75, 3.05) is 32.6 Å². The zero-order valence-corrected chi connectivity index (χ0v) is 12.3. The SMILES string of the molecule is COCCCCNS(=O)(=O)CCOc1ccc(F)cc1. The van der Waals surface area contributed by atoms with E-state index in [1.165, 1.54) is 24.3 Å². The number of unbranched alkanes of at least 4 members (excludes halogenated alkanes) is 1. The molecule has 7 heteroatoms. The molecule has 0 aliphatic carbocycles. The number of halogens is 1. The molecule has 0 saturated carbocycles. The van der Waals surface area contributed by atoms with E-state index >= 15 is 0 Å². The molecule has 1 N–H and O–H groups in total. The van der Waals surface area contributed by atoms with E-state index in [2.05, 4.69) is 4.72 Å². The summed E-state index contributed by atoms with van der Waals surface area (Å²) in [4.78, 5) is 0. The second kappa shape index (κ2) is 8.89. The lowest BCUT2D eigenvalue weighted by molar-refractivity contribution is 0.193. The Bertz CT molecular complexity index is 476. The topological polar surface area (TPSA) is 64.6 Å². The van der Waals surface area contributed by atoms with Crippen molar-refractivity contribution in [3.63, 3.8) is 0 Å². The van der Waals surface area contributed by atoms with Crippen LogP contribution in [0.2, 0.25) is 0 Å². The zero-order valence-electron chi connectivity index (χ0n) is 11.5. The van der Waals surface area contributed by atoms with E-state index in [4.69, 9.17) is 9.47 Å². The number of hydrogen-bond acceptors (Lipinski definition) is 4. The second-order valence-corrected chi connectivity index (χ2v) is 6.14. The van der Waals surface area contributed by atoms with Gasteiger partial charge in [0.05, 0.1) is 5.75 Å². The van der Waals surface area contributed by atoms with E-state index < -0.39 is 10.0 Å². The predicted octanol–water partition coefficient (Wildman–Crippen LogP) is 1.55. The molecule has 20 heavy (non-hydrogen) atoms. The van der Waals surface area contributed by atoms with Gasteiger partial charge in [-0.1, -0.05) is 0 Å². The van der Waals surface area contributed by atoms with Gasteiger partial charge in [0.15, 0.2) is 0 Å². The molecule has 0 aliphatic heterocycles. The minimum atomic E-state index is -3.34. The van der Waals surface area contributed by atoms with Crippen LogP contribution in [0.25, 0.3) is 0 Å². The molecular weight excluding hydrogens is 285 g/mol. The predicted molar refractivity (Wildman–Crippen MR) is 74.8 cm³/mol. The van der Waals surface area contributed by atoms with Crippen molar-refractivity contribution in [1.29, 1.82) is 0 Å². The molecule has 0 bridgehead atoms. The van der Waals surface area contributed by atoms with Gasteiger partial charge in [-0.05, 0) is 37.1 Å². The Morgan fingerprint density at radius 1 is 1.15 bits per heavy atom. The highest BCUT2D eigenvalue weighted by atomic mass is 32.2. The molecule has 0 atom stereocenters. The first-order chi connectivity index (χ1) is 9.53. The monoisotopic (exact) mass is 305 g/mol. The van der Waals surface area contributed by atoms with Crippen LogP contribution in [0, 0.1) is 5.82 Å². The molecule has 114 valence electrons. The average molecular weight is 305 g/mol. The van der Waals surface area contributed by atoms with Gasteiger partial charge < -0.3 is 9.47 Å². The van der Waals surface area contributed by atoms with Crippen molar-refractivity contribution in [3.8, 4) is 5.75 Å². The van der Waals surface area contributed by atoms with Gasteiger partial charge in [0.25, 0.3) is 0 Å². The van der Waals surface area contributed by atoms with Gasteiger partial charge in [0, 0.05) is 20.3 Å². The molecule has 0 unspecified atom stereocenters. The van der Waals surface area contributed by atoms with E-state index in [0.29, 0.717) is 18.9 Å². The lowest BCUT2D eigenvalue weighted by Crippen LogP contribution is -2.30. The molecule has 0 aromatic heterocycles. The summed E-state index contributed by atoms with van der Waals surface area (Å²) in [5.41, 5.74) is 0. The molecular formula is C13H20FNO4S. The Kier molecular flexibility index (Phi) is 7.50. The van der Waals surface area contributed by atoms with Crippen LogP contribution in [0.4, 0.5) is 4.39 Å². The van der Waals surface area contributed by atoms with E-state index in [1.807, 2.05) is 0 Å². The molecule has 1 aromatic rings. The van der Waals surface area contributed by atoms with Crippen molar-refractivity contribution < 1.29 is 22.3 Å². The Morgan fingerprint density at radius 2 is 1.85 bits per heavy atom. The summed E-state index contributed by atoms with van der Waals surface area (Å²) in [5.74, 6) is -0.0429. The van der Waals surface area contributed by atoms with E-state index in [0.717, 1.165) is 12.8 Å². The highest BCUT2D eigenvalue weighted by molar-refractivity contribution is 7.89. The maximum atomic E-state index is 12.7. The number of hydrogen-bond donors (Lipinski definition) is 1. The highest BCUT2D eigenvalue weighted by Crippen LogP contribution is 2.10. The third-order valence-corrected chi connectivity index (χ3v) is 3.88. The molecule has 0 saturated heterocycles. The fourth-order valence-corrected chi connectivity index (χ4v) is 2.37. The third-order valence-electron chi connectivity index (χ3n) is 2.53. The fourth-order valence-electron chi connectivity index (χ4n) is 1.47. The van der Waals surface area contributed by atoms with Crippen molar-refractivity contribution in [2.45, 2.75) is 12.8 Å². The van der Waals surface area contributed by atoms with Crippen LogP contribution < -0.4 is 9.46 Å². The van der Waals surface area contributed by atoms with E-state index in [9.17, 15) is 12.8 Å². The molecule has 0 amide bonds. The van der Waals surface area contributed by atoms with Gasteiger partial charge >= 0.3 is 0 Å². The summed E-state index contributed by atoms with van der Waals surface area (Å²) in [6.45, 7) is 1.04. The smallest absolute Gasteiger partial charge is 0.214 e. The van der Waals surface area contributed by atoms with Gasteiger partial charge in [-0.3, -0.25) is 0 Å². The van der Waals surface area contributed by atoms with Crippen LogP contribution in [0.15, 0.2) is 24.3 Å². The first kappa shape index (κ1) is 16.9. The van der Waals surface area contributed by atoms with Gasteiger partial charge in [0.1, 0.15) is 18.2 Å². The van der Waals surface area contributed by atoms with Gasteiger partial charge in [-0.15, -0.1) is 0 Å². The molecule has 0 heterocycles. The van der Waals surface area contributed by atoms with Gasteiger partial charge in [0.2, 0.25) is 10.0 Å². The molecule has 0 fully saturated rings. The normalized spacial score (nSPS) is 11.5. The van der Waals surface area contributed by atoms with Crippen LogP contribution in [-0.4, -0.2) is 41.0 Å². The fraction of sp³-hybridized carbons (Fsp3) is 0.538. The Hall–Kier alpha value is -1.18. The Balaban J connectivity index is 2.20. The third kappa shape index (κ3) is 7.42. The number of methoxy groups -OCH3 is 1. The van der Waals surface area contributed by atoms with Gasteiger partial charge in [-0.2, -0.15) is 0 Å². The molecule has 5 nitrogen and oxygen atoms in total. The quantitative estimate of drug-likeness (QED) is 0.666. The first-order valence-electron chi connectivity index (χ1n) is 6.38. The van der Waals surface area contributed by atoms with Crippen molar-refractivity contribution >= 4 is 10.0 Å². The highest BCUT2D eigenvalue weighted by Gasteiger charge is 2.09. The second-order valence-electron chi connectivity index (χ2n) is 4.22. The number of nitrogens with one attached hydrogen (secondary N) is 1. The summed E-state index contributed by atoms with van der Waals surface area (Å²) < 4.78 is 48.5. The van der Waals surface area contributed by atoms with E-state index in [1.54, 1.807) is 7.11 Å². The van der Waals surface area contributed by atoms with Crippen molar-refractivity contribution in [2.24, 2.45) is 0 Å². The van der Waals surface area contributed by atoms with Crippen LogP contribution in [-0.2, 0) is 14.8 Å². The minimum Gasteiger partial charge on any atom is -0.492 e. The maximum Gasteiger partial charge on any atom is 0.214 e. The number of benzene rings is 1. The molecule has 0 radical (unpaired) electrons. The summed E-state index contributed by atoms with van der Waals surface area (Å²) in [6.07, 6.45) is 1.54. The standard InChI is InChI=1S/C13H20FNO4S/c1-18-9-3-2-8-15-20(16,17)11-10-19-13-6-4-12(14)5-7-13/h4-7,15H,2-3,8-11H2,1H3. The molecule has 1 aromatic carbocycles. The van der Waals surface area contributed by atoms with Crippen LogP contribution >= 0.6 is 0 Å². The van der Waals surface area contributed by atoms with Crippen molar-refractivity contribution in [1.82, 2.24) is 4.72 Å². The van der Waals surface area contributed by atoms with Crippen LogP contribution in [0.3, 0.4) is 0 Å². The Labute approximate surface area is 119 Å². The van der Waals surface area contributed by atoms with Gasteiger partial charge in [-0.25, -0.2) is 17.5 Å².